The molecule has 0 saturated carbocycles. The lowest BCUT2D eigenvalue weighted by Gasteiger charge is -2.23. The van der Waals surface area contributed by atoms with E-state index in [1.165, 1.54) is 38.6 Å². The van der Waals surface area contributed by atoms with Crippen LogP contribution in [0.25, 0.3) is 0 Å². The number of ether oxygens (including phenoxy) is 1. The van der Waals surface area contributed by atoms with Crippen molar-refractivity contribution in [2.24, 2.45) is 0 Å². The molecule has 0 spiro atoms. The van der Waals surface area contributed by atoms with Gasteiger partial charge in [-0.3, -0.25) is 0 Å². The molecule has 1 heterocycles. The summed E-state index contributed by atoms with van der Waals surface area (Å²) in [5, 5.41) is 3.48. The monoisotopic (exact) mass is 256 g/mol. The maximum absolute atomic E-state index is 6.05. The first kappa shape index (κ1) is 15.9. The Morgan fingerprint density at radius 1 is 1.39 bits per heavy atom. The molecule has 18 heavy (non-hydrogen) atoms. The normalized spacial score (nSPS) is 22.8. The van der Waals surface area contributed by atoms with E-state index in [1.54, 1.807) is 0 Å². The van der Waals surface area contributed by atoms with Crippen LogP contribution in [0.5, 0.6) is 0 Å². The van der Waals surface area contributed by atoms with E-state index in [0.717, 1.165) is 19.2 Å². The summed E-state index contributed by atoms with van der Waals surface area (Å²) < 4.78 is 6.05. The maximum atomic E-state index is 6.05. The molecule has 1 rings (SSSR count). The molecular formula is C15H32N2O. The second-order valence-corrected chi connectivity index (χ2v) is 5.91. The second-order valence-electron chi connectivity index (χ2n) is 5.91. The molecule has 3 nitrogen and oxygen atoms in total. The molecule has 1 N–H and O–H groups in total. The van der Waals surface area contributed by atoms with Crippen LogP contribution in [0.15, 0.2) is 0 Å². The summed E-state index contributed by atoms with van der Waals surface area (Å²) in [4.78, 5) is 2.48. The summed E-state index contributed by atoms with van der Waals surface area (Å²) in [6, 6.07) is 1.30. The quantitative estimate of drug-likeness (QED) is 0.686. The van der Waals surface area contributed by atoms with E-state index in [1.807, 2.05) is 0 Å². The van der Waals surface area contributed by atoms with E-state index in [4.69, 9.17) is 4.74 Å². The fraction of sp³-hybridized carbons (Fsp3) is 1.00. The third-order valence-corrected chi connectivity index (χ3v) is 3.84. The number of likely N-dealkylation sites (tertiary alicyclic amines) is 1. The van der Waals surface area contributed by atoms with Crippen molar-refractivity contribution in [1.29, 1.82) is 0 Å². The number of hydrogen-bond donors (Lipinski definition) is 1. The van der Waals surface area contributed by atoms with Gasteiger partial charge in [-0.1, -0.05) is 27.2 Å². The van der Waals surface area contributed by atoms with Crippen LogP contribution >= 0.6 is 0 Å². The third-order valence-electron chi connectivity index (χ3n) is 3.84. The van der Waals surface area contributed by atoms with Gasteiger partial charge in [0.15, 0.2) is 0 Å². The SMILES string of the molecule is CCCC(CNC(C)C)OCCC1CCCN1C. The summed E-state index contributed by atoms with van der Waals surface area (Å²) in [5.41, 5.74) is 0. The second kappa shape index (κ2) is 8.89. The largest absolute Gasteiger partial charge is 0.377 e. The van der Waals surface area contributed by atoms with Crippen molar-refractivity contribution >= 4 is 0 Å². The molecule has 1 aliphatic rings. The fourth-order valence-electron chi connectivity index (χ4n) is 2.65. The van der Waals surface area contributed by atoms with Gasteiger partial charge in [-0.15, -0.1) is 0 Å². The molecule has 0 aromatic heterocycles. The Hall–Kier alpha value is -0.120. The molecule has 0 aromatic rings. The van der Waals surface area contributed by atoms with Gasteiger partial charge in [0.05, 0.1) is 6.10 Å². The molecule has 108 valence electrons. The molecule has 2 atom stereocenters. The van der Waals surface area contributed by atoms with E-state index < -0.39 is 0 Å². The van der Waals surface area contributed by atoms with Crippen LogP contribution in [0.4, 0.5) is 0 Å². The van der Waals surface area contributed by atoms with Gasteiger partial charge in [0.1, 0.15) is 0 Å². The predicted molar refractivity (Wildman–Crippen MR) is 78.1 cm³/mol. The van der Waals surface area contributed by atoms with Crippen molar-refractivity contribution in [2.45, 2.75) is 71.1 Å². The highest BCUT2D eigenvalue weighted by molar-refractivity contribution is 4.76. The van der Waals surface area contributed by atoms with Crippen molar-refractivity contribution in [1.82, 2.24) is 10.2 Å². The average molecular weight is 256 g/mol. The first-order valence-electron chi connectivity index (χ1n) is 7.68. The zero-order valence-electron chi connectivity index (χ0n) is 12.7. The summed E-state index contributed by atoms with van der Waals surface area (Å²) in [5.74, 6) is 0. The lowest BCUT2D eigenvalue weighted by Crippen LogP contribution is -2.34. The average Bonchev–Trinajstić information content (AvgIpc) is 2.72. The van der Waals surface area contributed by atoms with Crippen molar-refractivity contribution in [3.8, 4) is 0 Å². The summed E-state index contributed by atoms with van der Waals surface area (Å²) in [7, 11) is 2.24. The van der Waals surface area contributed by atoms with Gasteiger partial charge in [-0.25, -0.2) is 0 Å². The molecule has 1 aliphatic heterocycles. The van der Waals surface area contributed by atoms with Crippen molar-refractivity contribution in [2.75, 3.05) is 26.7 Å². The zero-order valence-corrected chi connectivity index (χ0v) is 12.7. The molecule has 0 aliphatic carbocycles. The standard InChI is InChI=1S/C15H32N2O/c1-5-7-15(12-16-13(2)3)18-11-9-14-8-6-10-17(14)4/h13-16H,5-12H2,1-4H3. The number of hydrogen-bond acceptors (Lipinski definition) is 3. The predicted octanol–water partition coefficient (Wildman–Crippen LogP) is 2.65. The van der Waals surface area contributed by atoms with Gasteiger partial charge in [-0.05, 0) is 39.3 Å². The smallest absolute Gasteiger partial charge is 0.0699 e. The van der Waals surface area contributed by atoms with Gasteiger partial charge in [0.25, 0.3) is 0 Å². The Bertz CT molecular complexity index is 209. The molecule has 1 fully saturated rings. The minimum Gasteiger partial charge on any atom is -0.377 e. The Balaban J connectivity index is 2.15. The molecule has 2 unspecified atom stereocenters. The van der Waals surface area contributed by atoms with E-state index in [2.05, 4.69) is 38.0 Å². The maximum Gasteiger partial charge on any atom is 0.0699 e. The van der Waals surface area contributed by atoms with Crippen molar-refractivity contribution in [3.63, 3.8) is 0 Å². The Morgan fingerprint density at radius 2 is 2.17 bits per heavy atom. The van der Waals surface area contributed by atoms with Crippen LogP contribution in [0.2, 0.25) is 0 Å². The number of nitrogens with zero attached hydrogens (tertiary/aromatic N) is 1. The Morgan fingerprint density at radius 3 is 2.72 bits per heavy atom. The van der Waals surface area contributed by atoms with Gasteiger partial charge in [0, 0.05) is 25.2 Å². The van der Waals surface area contributed by atoms with Crippen LogP contribution in [0.1, 0.15) is 52.9 Å². The van der Waals surface area contributed by atoms with Crippen LogP contribution in [-0.4, -0.2) is 49.8 Å². The highest BCUT2D eigenvalue weighted by Gasteiger charge is 2.20. The lowest BCUT2D eigenvalue weighted by molar-refractivity contribution is 0.0356. The van der Waals surface area contributed by atoms with E-state index in [-0.39, 0.29) is 0 Å². The minimum absolute atomic E-state index is 0.393. The summed E-state index contributed by atoms with van der Waals surface area (Å²) >= 11 is 0. The summed E-state index contributed by atoms with van der Waals surface area (Å²) in [6.45, 7) is 9.78. The lowest BCUT2D eigenvalue weighted by atomic mass is 10.1. The Kier molecular flexibility index (Phi) is 7.87. The number of rotatable bonds is 9. The topological polar surface area (TPSA) is 24.5 Å². The highest BCUT2D eigenvalue weighted by atomic mass is 16.5. The molecule has 0 aromatic carbocycles. The summed E-state index contributed by atoms with van der Waals surface area (Å²) in [6.07, 6.45) is 6.66. The number of nitrogens with one attached hydrogen (secondary N) is 1. The Labute approximate surface area is 113 Å². The van der Waals surface area contributed by atoms with Crippen molar-refractivity contribution < 1.29 is 4.74 Å². The van der Waals surface area contributed by atoms with E-state index in [0.29, 0.717) is 12.1 Å². The molecule has 0 bridgehead atoms. The van der Waals surface area contributed by atoms with Crippen LogP contribution < -0.4 is 5.32 Å². The van der Waals surface area contributed by atoms with Crippen LogP contribution in [0.3, 0.4) is 0 Å². The zero-order chi connectivity index (χ0) is 13.4. The molecule has 1 saturated heterocycles. The first-order valence-corrected chi connectivity index (χ1v) is 7.68. The van der Waals surface area contributed by atoms with Gasteiger partial charge in [0.2, 0.25) is 0 Å². The van der Waals surface area contributed by atoms with Gasteiger partial charge >= 0.3 is 0 Å². The van der Waals surface area contributed by atoms with Crippen LogP contribution in [-0.2, 0) is 4.74 Å². The molecule has 3 heteroatoms. The highest BCUT2D eigenvalue weighted by Crippen LogP contribution is 2.18. The fourth-order valence-corrected chi connectivity index (χ4v) is 2.65. The third kappa shape index (κ3) is 6.17. The van der Waals surface area contributed by atoms with Crippen molar-refractivity contribution in [3.05, 3.63) is 0 Å². The van der Waals surface area contributed by atoms with E-state index in [9.17, 15) is 0 Å². The van der Waals surface area contributed by atoms with Crippen LogP contribution in [0, 0.1) is 0 Å². The van der Waals surface area contributed by atoms with Gasteiger partial charge < -0.3 is 15.0 Å². The van der Waals surface area contributed by atoms with E-state index >= 15 is 0 Å². The molecule has 0 amide bonds. The molecular weight excluding hydrogens is 224 g/mol. The molecule has 0 radical (unpaired) electrons. The first-order chi connectivity index (χ1) is 8.63. The van der Waals surface area contributed by atoms with Gasteiger partial charge in [-0.2, -0.15) is 0 Å². The minimum atomic E-state index is 0.393.